The van der Waals surface area contributed by atoms with E-state index >= 15 is 0 Å². The summed E-state index contributed by atoms with van der Waals surface area (Å²) in [7, 11) is 0. The Balaban J connectivity index is 2.00. The first-order chi connectivity index (χ1) is 9.94. The quantitative estimate of drug-likeness (QED) is 0.885. The van der Waals surface area contributed by atoms with Crippen molar-refractivity contribution in [3.63, 3.8) is 0 Å². The SMILES string of the molecule is Cc1cc(C)cc(OC(C)C(=O)Nc2ccc(Br)cc2)c1. The van der Waals surface area contributed by atoms with Gasteiger partial charge in [0.25, 0.3) is 5.91 Å². The van der Waals surface area contributed by atoms with Crippen LogP contribution in [0.15, 0.2) is 46.9 Å². The molecule has 3 nitrogen and oxygen atoms in total. The molecule has 0 saturated carbocycles. The van der Waals surface area contributed by atoms with Crippen LogP contribution in [0.4, 0.5) is 5.69 Å². The molecule has 0 saturated heterocycles. The molecule has 0 spiro atoms. The first-order valence-corrected chi connectivity index (χ1v) is 7.55. The Hall–Kier alpha value is -1.81. The molecule has 1 amide bonds. The number of benzene rings is 2. The van der Waals surface area contributed by atoms with Crippen LogP contribution in [-0.4, -0.2) is 12.0 Å². The van der Waals surface area contributed by atoms with E-state index in [1.54, 1.807) is 6.92 Å². The molecule has 0 aliphatic rings. The standard InChI is InChI=1S/C17H18BrNO2/c1-11-8-12(2)10-16(9-11)21-13(3)17(20)19-15-6-4-14(18)5-7-15/h4-10,13H,1-3H3,(H,19,20). The van der Waals surface area contributed by atoms with Gasteiger partial charge in [0.05, 0.1) is 0 Å². The second kappa shape index (κ2) is 6.76. The van der Waals surface area contributed by atoms with Gasteiger partial charge in [-0.3, -0.25) is 4.79 Å². The molecule has 0 aliphatic heterocycles. The van der Waals surface area contributed by atoms with Crippen LogP contribution in [0.3, 0.4) is 0 Å². The predicted octanol–water partition coefficient (Wildman–Crippen LogP) is 4.47. The molecule has 0 aliphatic carbocycles. The van der Waals surface area contributed by atoms with Crippen molar-refractivity contribution in [2.24, 2.45) is 0 Å². The lowest BCUT2D eigenvalue weighted by atomic mass is 10.1. The van der Waals surface area contributed by atoms with Crippen LogP contribution in [0, 0.1) is 13.8 Å². The van der Waals surface area contributed by atoms with Gasteiger partial charge in [-0.25, -0.2) is 0 Å². The summed E-state index contributed by atoms with van der Waals surface area (Å²) in [5, 5.41) is 2.83. The minimum atomic E-state index is -0.560. The van der Waals surface area contributed by atoms with Crippen LogP contribution in [-0.2, 0) is 4.79 Å². The summed E-state index contributed by atoms with van der Waals surface area (Å²) in [4.78, 5) is 12.1. The van der Waals surface area contributed by atoms with Gasteiger partial charge in [-0.1, -0.05) is 22.0 Å². The van der Waals surface area contributed by atoms with Gasteiger partial charge in [0.15, 0.2) is 6.10 Å². The van der Waals surface area contributed by atoms with Gasteiger partial charge in [0, 0.05) is 10.2 Å². The van der Waals surface area contributed by atoms with E-state index in [9.17, 15) is 4.79 Å². The minimum absolute atomic E-state index is 0.170. The van der Waals surface area contributed by atoms with Gasteiger partial charge in [-0.2, -0.15) is 0 Å². The number of amides is 1. The number of halogens is 1. The van der Waals surface area contributed by atoms with Crippen LogP contribution in [0.5, 0.6) is 5.75 Å². The van der Waals surface area contributed by atoms with Crippen LogP contribution in [0.25, 0.3) is 0 Å². The summed E-state index contributed by atoms with van der Waals surface area (Å²) in [5.74, 6) is 0.544. The zero-order chi connectivity index (χ0) is 15.4. The van der Waals surface area contributed by atoms with Gasteiger partial charge < -0.3 is 10.1 Å². The largest absolute Gasteiger partial charge is 0.481 e. The van der Waals surface area contributed by atoms with E-state index in [2.05, 4.69) is 27.3 Å². The van der Waals surface area contributed by atoms with Crippen molar-refractivity contribution >= 4 is 27.5 Å². The van der Waals surface area contributed by atoms with E-state index < -0.39 is 6.10 Å². The van der Waals surface area contributed by atoms with E-state index in [4.69, 9.17) is 4.74 Å². The molecule has 0 bridgehead atoms. The molecule has 2 aromatic rings. The fourth-order valence-corrected chi connectivity index (χ4v) is 2.30. The maximum absolute atomic E-state index is 12.1. The summed E-state index contributed by atoms with van der Waals surface area (Å²) in [6.07, 6.45) is -0.560. The summed E-state index contributed by atoms with van der Waals surface area (Å²) < 4.78 is 6.68. The van der Waals surface area contributed by atoms with Crippen LogP contribution in [0.2, 0.25) is 0 Å². The number of anilines is 1. The zero-order valence-electron chi connectivity index (χ0n) is 12.3. The Morgan fingerprint density at radius 3 is 2.24 bits per heavy atom. The second-order valence-corrected chi connectivity index (χ2v) is 6.00. The predicted molar refractivity (Wildman–Crippen MR) is 88.8 cm³/mol. The van der Waals surface area contributed by atoms with E-state index in [1.807, 2.05) is 50.2 Å². The van der Waals surface area contributed by atoms with Crippen molar-refractivity contribution < 1.29 is 9.53 Å². The molecule has 1 atom stereocenters. The maximum Gasteiger partial charge on any atom is 0.265 e. The highest BCUT2D eigenvalue weighted by Crippen LogP contribution is 2.19. The summed E-state index contributed by atoms with van der Waals surface area (Å²) in [6, 6.07) is 13.4. The third-order valence-corrected chi connectivity index (χ3v) is 3.52. The Kier molecular flexibility index (Phi) is 5.02. The first-order valence-electron chi connectivity index (χ1n) is 6.75. The Labute approximate surface area is 133 Å². The lowest BCUT2D eigenvalue weighted by Gasteiger charge is -2.15. The number of hydrogen-bond acceptors (Lipinski definition) is 2. The van der Waals surface area contributed by atoms with Gasteiger partial charge in [-0.15, -0.1) is 0 Å². The molecule has 0 aromatic heterocycles. The molecule has 110 valence electrons. The summed E-state index contributed by atoms with van der Waals surface area (Å²) >= 11 is 3.36. The highest BCUT2D eigenvalue weighted by molar-refractivity contribution is 9.10. The molecule has 21 heavy (non-hydrogen) atoms. The monoisotopic (exact) mass is 347 g/mol. The molecule has 2 aromatic carbocycles. The number of ether oxygens (including phenoxy) is 1. The average Bonchev–Trinajstić information content (AvgIpc) is 2.40. The third kappa shape index (κ3) is 4.60. The van der Waals surface area contributed by atoms with Crippen LogP contribution >= 0.6 is 15.9 Å². The highest BCUT2D eigenvalue weighted by atomic mass is 79.9. The van der Waals surface area contributed by atoms with Crippen molar-refractivity contribution in [1.82, 2.24) is 0 Å². The molecule has 1 unspecified atom stereocenters. The number of aryl methyl sites for hydroxylation is 2. The van der Waals surface area contributed by atoms with E-state index in [-0.39, 0.29) is 5.91 Å². The van der Waals surface area contributed by atoms with Gasteiger partial charge in [0.2, 0.25) is 0 Å². The van der Waals surface area contributed by atoms with Crippen molar-refractivity contribution in [1.29, 1.82) is 0 Å². The molecular weight excluding hydrogens is 330 g/mol. The minimum Gasteiger partial charge on any atom is -0.481 e. The molecule has 0 radical (unpaired) electrons. The zero-order valence-corrected chi connectivity index (χ0v) is 13.9. The van der Waals surface area contributed by atoms with Crippen molar-refractivity contribution in [3.8, 4) is 5.75 Å². The van der Waals surface area contributed by atoms with Gasteiger partial charge in [0.1, 0.15) is 5.75 Å². The van der Waals surface area contributed by atoms with Crippen molar-refractivity contribution in [2.45, 2.75) is 26.9 Å². The van der Waals surface area contributed by atoms with Gasteiger partial charge in [-0.05, 0) is 68.3 Å². The normalized spacial score (nSPS) is 11.8. The molecule has 1 N–H and O–H groups in total. The highest BCUT2D eigenvalue weighted by Gasteiger charge is 2.15. The van der Waals surface area contributed by atoms with Crippen molar-refractivity contribution in [3.05, 3.63) is 58.1 Å². The Bertz CT molecular complexity index is 617. The van der Waals surface area contributed by atoms with Crippen molar-refractivity contribution in [2.75, 3.05) is 5.32 Å². The number of nitrogens with one attached hydrogen (secondary N) is 1. The number of carbonyl (C=O) groups excluding carboxylic acids is 1. The number of carbonyl (C=O) groups is 1. The molecule has 0 heterocycles. The van der Waals surface area contributed by atoms with Gasteiger partial charge >= 0.3 is 0 Å². The molecule has 0 fully saturated rings. The fourth-order valence-electron chi connectivity index (χ4n) is 2.04. The average molecular weight is 348 g/mol. The van der Waals surface area contributed by atoms with Crippen LogP contribution in [0.1, 0.15) is 18.1 Å². The third-order valence-electron chi connectivity index (χ3n) is 2.99. The molecule has 4 heteroatoms. The van der Waals surface area contributed by atoms with E-state index in [0.717, 1.165) is 21.3 Å². The fraction of sp³-hybridized carbons (Fsp3) is 0.235. The lowest BCUT2D eigenvalue weighted by molar-refractivity contribution is -0.122. The first kappa shape index (κ1) is 15.6. The molecular formula is C17H18BrNO2. The Morgan fingerprint density at radius 2 is 1.67 bits per heavy atom. The van der Waals surface area contributed by atoms with Crippen LogP contribution < -0.4 is 10.1 Å². The topological polar surface area (TPSA) is 38.3 Å². The molecule has 2 rings (SSSR count). The lowest BCUT2D eigenvalue weighted by Crippen LogP contribution is -2.30. The smallest absolute Gasteiger partial charge is 0.265 e. The maximum atomic E-state index is 12.1. The van der Waals surface area contributed by atoms with E-state index in [0.29, 0.717) is 5.75 Å². The number of rotatable bonds is 4. The summed E-state index contributed by atoms with van der Waals surface area (Å²) in [5.41, 5.74) is 2.98. The summed E-state index contributed by atoms with van der Waals surface area (Å²) in [6.45, 7) is 5.75. The number of hydrogen-bond donors (Lipinski definition) is 1. The second-order valence-electron chi connectivity index (χ2n) is 5.08. The Morgan fingerprint density at radius 1 is 1.10 bits per heavy atom. The van der Waals surface area contributed by atoms with E-state index in [1.165, 1.54) is 0 Å².